The van der Waals surface area contributed by atoms with Crippen LogP contribution in [0.4, 0.5) is 34.1 Å². The predicted molar refractivity (Wildman–Crippen MR) is 376 cm³/mol. The smallest absolute Gasteiger partial charge is 0.142 e. The molecule has 0 fully saturated rings. The lowest BCUT2D eigenvalue weighted by molar-refractivity contribution is 0.638. The molecule has 0 atom stereocenters. The molecule has 0 radical (unpaired) electrons. The molecule has 0 amide bonds. The van der Waals surface area contributed by atoms with E-state index in [0.29, 0.717) is 11.8 Å². The number of furan rings is 2. The minimum absolute atomic E-state index is 0.119. The van der Waals surface area contributed by atoms with Crippen LogP contribution in [-0.4, -0.2) is 9.13 Å². The zero-order valence-electron chi connectivity index (χ0n) is 50.7. The van der Waals surface area contributed by atoms with Gasteiger partial charge in [0.25, 0.3) is 0 Å². The van der Waals surface area contributed by atoms with Crippen molar-refractivity contribution in [2.24, 2.45) is 0 Å². The molecule has 17 aromatic rings. The lowest BCUT2D eigenvalue weighted by Gasteiger charge is -2.26. The Morgan fingerprint density at radius 3 is 1.06 bits per heavy atom. The van der Waals surface area contributed by atoms with Crippen LogP contribution in [0.2, 0.25) is 0 Å². The van der Waals surface area contributed by atoms with Gasteiger partial charge >= 0.3 is 0 Å². The van der Waals surface area contributed by atoms with Crippen LogP contribution in [0.15, 0.2) is 270 Å². The van der Waals surface area contributed by atoms with E-state index in [2.05, 4.69) is 321 Å². The van der Waals surface area contributed by atoms with Crippen molar-refractivity contribution >= 4 is 143 Å². The Morgan fingerprint density at radius 2 is 0.640 bits per heavy atom. The topological polar surface area (TPSA) is 42.6 Å². The summed E-state index contributed by atoms with van der Waals surface area (Å²) in [6.07, 6.45) is 0. The molecule has 4 heterocycles. The van der Waals surface area contributed by atoms with Crippen LogP contribution < -0.4 is 9.80 Å². The number of hydrogen-bond acceptors (Lipinski definition) is 4. The highest BCUT2D eigenvalue weighted by Crippen LogP contribution is 2.48. The first-order valence-electron chi connectivity index (χ1n) is 31.3. The van der Waals surface area contributed by atoms with Gasteiger partial charge in [-0.15, -0.1) is 0 Å². The molecule has 0 unspecified atom stereocenters. The summed E-state index contributed by atoms with van der Waals surface area (Å²) >= 11 is 0. The maximum absolute atomic E-state index is 7.11. The largest absolute Gasteiger partial charge is 0.456 e. The van der Waals surface area contributed by atoms with Crippen LogP contribution in [-0.2, 0) is 0 Å². The van der Waals surface area contributed by atoms with Crippen molar-refractivity contribution in [1.29, 1.82) is 0 Å². The van der Waals surface area contributed by atoms with Crippen molar-refractivity contribution in [3.05, 3.63) is 278 Å². The third kappa shape index (κ3) is 8.45. The summed E-state index contributed by atoms with van der Waals surface area (Å²) in [5.74, 6) is 0.960. The minimum atomic E-state index is 0.119. The summed E-state index contributed by atoms with van der Waals surface area (Å²) in [5, 5.41) is 13.7. The van der Waals surface area contributed by atoms with Crippen molar-refractivity contribution in [1.82, 2.24) is 9.13 Å². The van der Waals surface area contributed by atoms with Crippen LogP contribution in [0.5, 0.6) is 0 Å². The van der Waals surface area contributed by atoms with Crippen molar-refractivity contribution in [3.63, 3.8) is 0 Å². The maximum Gasteiger partial charge on any atom is 0.142 e. The number of fused-ring (bicyclic) bond motifs is 14. The quantitative estimate of drug-likeness (QED) is 0.129. The summed E-state index contributed by atoms with van der Waals surface area (Å²) in [5.41, 5.74) is 20.7. The van der Waals surface area contributed by atoms with Gasteiger partial charge in [0.05, 0.1) is 22.1 Å². The van der Waals surface area contributed by atoms with Crippen LogP contribution in [0.3, 0.4) is 0 Å². The van der Waals surface area contributed by atoms with E-state index >= 15 is 0 Å². The molecule has 0 aliphatic carbocycles. The van der Waals surface area contributed by atoms with Crippen molar-refractivity contribution in [3.8, 4) is 11.4 Å². The van der Waals surface area contributed by atoms with Crippen LogP contribution in [0.1, 0.15) is 76.0 Å². The molecule has 0 aliphatic rings. The van der Waals surface area contributed by atoms with Crippen LogP contribution in [0, 0.1) is 0 Å². The van der Waals surface area contributed by atoms with E-state index in [-0.39, 0.29) is 5.92 Å². The Balaban J connectivity index is 0.778. The SMILES string of the molecule is CC(C)c1ccc(N(c2ccc3cc4c(cc3c2)oc2c(C(C)C)c3oc5cc6cc(N(c7ccc(C(C)C)cc7)c7ccc8c(c7)c7ccccc7n8-c7ccccc7)ccc6cc5c3cc24)c2ccc3c(c2)c2ccccc2n3-c2ccccc2)cc1. The molecular weight excluding hydrogens is 1080 g/mol. The van der Waals surface area contributed by atoms with E-state index in [1.165, 1.54) is 54.7 Å². The normalized spacial score (nSPS) is 12.2. The molecule has 13 aromatic carbocycles. The zero-order valence-corrected chi connectivity index (χ0v) is 50.7. The minimum Gasteiger partial charge on any atom is -0.456 e. The first-order valence-corrected chi connectivity index (χ1v) is 31.3. The monoisotopic (exact) mass is 1150 g/mol. The van der Waals surface area contributed by atoms with Gasteiger partial charge in [-0.25, -0.2) is 0 Å². The number of nitrogens with zero attached hydrogens (tertiary/aromatic N) is 4. The second kappa shape index (κ2) is 20.4. The van der Waals surface area contributed by atoms with Gasteiger partial charge in [-0.2, -0.15) is 0 Å². The number of aromatic nitrogens is 2. The van der Waals surface area contributed by atoms with Gasteiger partial charge in [-0.1, -0.05) is 151 Å². The Morgan fingerprint density at radius 1 is 0.270 bits per heavy atom. The number of anilines is 6. The zero-order chi connectivity index (χ0) is 59.8. The molecule has 6 nitrogen and oxygen atoms in total. The Hall–Kier alpha value is -10.8. The van der Waals surface area contributed by atoms with E-state index in [4.69, 9.17) is 8.83 Å². The summed E-state index contributed by atoms with van der Waals surface area (Å²) in [6, 6.07) is 96.0. The number of para-hydroxylation sites is 4. The van der Waals surface area contributed by atoms with Crippen LogP contribution >= 0.6 is 0 Å². The third-order valence-corrected chi connectivity index (χ3v) is 18.7. The highest BCUT2D eigenvalue weighted by atomic mass is 16.3. The highest BCUT2D eigenvalue weighted by molar-refractivity contribution is 6.21. The Kier molecular flexibility index (Phi) is 12.0. The fourth-order valence-corrected chi connectivity index (χ4v) is 14.3. The molecular formula is C83H64N4O2. The molecule has 6 heteroatoms. The lowest BCUT2D eigenvalue weighted by atomic mass is 9.95. The molecule has 0 N–H and O–H groups in total. The average molecular weight is 1150 g/mol. The van der Waals surface area contributed by atoms with E-state index in [1.807, 2.05) is 0 Å². The molecule has 0 bridgehead atoms. The predicted octanol–water partition coefficient (Wildman–Crippen LogP) is 24.3. The van der Waals surface area contributed by atoms with Crippen molar-refractivity contribution < 1.29 is 8.83 Å². The van der Waals surface area contributed by atoms with E-state index < -0.39 is 0 Å². The first-order chi connectivity index (χ1) is 43.6. The molecule has 0 aliphatic heterocycles. The molecule has 17 rings (SSSR count). The molecule has 89 heavy (non-hydrogen) atoms. The summed E-state index contributed by atoms with van der Waals surface area (Å²) in [6.45, 7) is 13.5. The van der Waals surface area contributed by atoms with Gasteiger partial charge in [0.1, 0.15) is 22.3 Å². The fourth-order valence-electron chi connectivity index (χ4n) is 14.3. The number of rotatable bonds is 11. The van der Waals surface area contributed by atoms with Gasteiger partial charge in [-0.05, 0) is 202 Å². The van der Waals surface area contributed by atoms with E-state index in [9.17, 15) is 0 Å². The van der Waals surface area contributed by atoms with Crippen molar-refractivity contribution in [2.45, 2.75) is 59.3 Å². The number of benzene rings is 13. The molecule has 0 spiro atoms. The van der Waals surface area contributed by atoms with Gasteiger partial charge in [0, 0.05) is 94.2 Å². The first kappa shape index (κ1) is 52.5. The number of hydrogen-bond donors (Lipinski definition) is 0. The third-order valence-electron chi connectivity index (χ3n) is 18.7. The second-order valence-corrected chi connectivity index (χ2v) is 25.1. The standard InChI is InChI=1S/C83H64N4O2/c1-50(2)53-25-31-61(32-26-53)84(65-37-39-77-69(47-65)67-21-13-15-23-75(67)86(77)59-17-9-7-10-18-59)63-35-29-55-43-71-73-49-74-72-44-56-30-36-64(42-58(56)46-80(72)89-83(74)81(52(5)6)82(73)88-79(71)45-57(55)41-63)85(62-33-27-54(28-34-62)51(3)4)66-38-40-78-70(48-66)68-22-14-16-24-76(68)87(78)60-19-11-8-12-20-60/h7-52H,1-6H3. The summed E-state index contributed by atoms with van der Waals surface area (Å²) < 4.78 is 19.0. The summed E-state index contributed by atoms with van der Waals surface area (Å²) in [7, 11) is 0. The van der Waals surface area contributed by atoms with Gasteiger partial charge < -0.3 is 27.8 Å². The van der Waals surface area contributed by atoms with Gasteiger partial charge in [-0.3, -0.25) is 0 Å². The van der Waals surface area contributed by atoms with Gasteiger partial charge in [0.15, 0.2) is 0 Å². The maximum atomic E-state index is 7.11. The Labute approximate surface area is 516 Å². The van der Waals surface area contributed by atoms with Gasteiger partial charge in [0.2, 0.25) is 0 Å². The van der Waals surface area contributed by atoms with Crippen LogP contribution in [0.25, 0.3) is 120 Å². The second-order valence-electron chi connectivity index (χ2n) is 25.1. The van der Waals surface area contributed by atoms with E-state index in [0.717, 1.165) is 116 Å². The molecule has 4 aromatic heterocycles. The lowest BCUT2D eigenvalue weighted by Crippen LogP contribution is -2.10. The highest BCUT2D eigenvalue weighted by Gasteiger charge is 2.25. The Bertz CT molecular complexity index is 5300. The molecule has 428 valence electrons. The van der Waals surface area contributed by atoms with E-state index in [1.54, 1.807) is 0 Å². The fraction of sp³-hybridized carbons (Fsp3) is 0.108. The summed E-state index contributed by atoms with van der Waals surface area (Å²) in [4.78, 5) is 4.80. The average Bonchev–Trinajstić information content (AvgIpc) is 1.72. The molecule has 0 saturated carbocycles. The molecule has 0 saturated heterocycles. The van der Waals surface area contributed by atoms with Crippen molar-refractivity contribution in [2.75, 3.05) is 9.80 Å².